The zero-order valence-corrected chi connectivity index (χ0v) is 12.4. The first-order valence-electron chi connectivity index (χ1n) is 6.51. The average molecular weight is 314 g/mol. The molecule has 7 heteroatoms. The zero-order valence-electron chi connectivity index (χ0n) is 11.7. The number of carbonyl (C=O) groups is 1. The number of nitrogens with one attached hydrogen (secondary N) is 1. The van der Waals surface area contributed by atoms with E-state index < -0.39 is 0 Å². The first kappa shape index (κ1) is 14.2. The summed E-state index contributed by atoms with van der Waals surface area (Å²) in [6.07, 6.45) is 3.13. The molecular formula is C15H12ClN5O. The van der Waals surface area contributed by atoms with Gasteiger partial charge in [-0.05, 0) is 36.4 Å². The van der Waals surface area contributed by atoms with E-state index in [1.807, 2.05) is 19.2 Å². The lowest BCUT2D eigenvalue weighted by Crippen LogP contribution is -2.13. The van der Waals surface area contributed by atoms with Crippen LogP contribution in [0.5, 0.6) is 0 Å². The third-order valence-corrected chi connectivity index (χ3v) is 3.19. The lowest BCUT2D eigenvalue weighted by Gasteiger charge is -2.05. The normalized spacial score (nSPS) is 10.5. The largest absolute Gasteiger partial charge is 0.321 e. The Balaban J connectivity index is 1.75. The van der Waals surface area contributed by atoms with Crippen molar-refractivity contribution >= 4 is 23.2 Å². The highest BCUT2D eigenvalue weighted by molar-refractivity contribution is 6.30. The highest BCUT2D eigenvalue weighted by Crippen LogP contribution is 2.18. The maximum atomic E-state index is 12.1. The van der Waals surface area contributed by atoms with E-state index in [1.54, 1.807) is 29.2 Å². The molecule has 3 rings (SSSR count). The molecule has 0 bridgehead atoms. The fourth-order valence-electron chi connectivity index (χ4n) is 1.90. The maximum absolute atomic E-state index is 12.1. The minimum Gasteiger partial charge on any atom is -0.321 e. The van der Waals surface area contributed by atoms with Gasteiger partial charge in [-0.3, -0.25) is 14.5 Å². The molecule has 0 fully saturated rings. The van der Waals surface area contributed by atoms with Gasteiger partial charge < -0.3 is 5.32 Å². The van der Waals surface area contributed by atoms with Crippen molar-refractivity contribution < 1.29 is 4.79 Å². The van der Waals surface area contributed by atoms with Gasteiger partial charge in [-0.2, -0.15) is 5.10 Å². The van der Waals surface area contributed by atoms with Crippen LogP contribution in [0.15, 0.2) is 48.9 Å². The molecule has 0 saturated heterocycles. The molecule has 1 N–H and O–H groups in total. The van der Waals surface area contributed by atoms with Crippen LogP contribution in [0, 0.1) is 0 Å². The minimum absolute atomic E-state index is 0.267. The molecule has 2 aromatic heterocycles. The van der Waals surface area contributed by atoms with E-state index in [9.17, 15) is 4.79 Å². The number of amides is 1. The van der Waals surface area contributed by atoms with Gasteiger partial charge in [0.15, 0.2) is 5.82 Å². The number of carbonyl (C=O) groups excluding carboxylic acids is 1. The summed E-state index contributed by atoms with van der Waals surface area (Å²) < 4.78 is 1.63. The molecule has 1 aromatic carbocycles. The maximum Gasteiger partial charge on any atom is 0.274 e. The van der Waals surface area contributed by atoms with Crippen LogP contribution in [0.2, 0.25) is 5.02 Å². The SMILES string of the molecule is Cn1cnc(-c2ccc(NC(=O)c3cc(Cl)ccn3)cc2)n1. The molecule has 0 saturated carbocycles. The van der Waals surface area contributed by atoms with Crippen LogP contribution in [-0.4, -0.2) is 25.7 Å². The molecule has 0 unspecified atom stereocenters. The quantitative estimate of drug-likeness (QED) is 0.807. The summed E-state index contributed by atoms with van der Waals surface area (Å²) >= 11 is 5.85. The van der Waals surface area contributed by atoms with Gasteiger partial charge in [0.2, 0.25) is 0 Å². The Morgan fingerprint density at radius 1 is 1.18 bits per heavy atom. The van der Waals surface area contributed by atoms with Gasteiger partial charge in [-0.25, -0.2) is 4.98 Å². The van der Waals surface area contributed by atoms with Crippen LogP contribution in [0.3, 0.4) is 0 Å². The predicted octanol–water partition coefficient (Wildman–Crippen LogP) is 2.78. The van der Waals surface area contributed by atoms with Crippen LogP contribution in [0.25, 0.3) is 11.4 Å². The number of pyridine rings is 1. The Hall–Kier alpha value is -2.73. The van der Waals surface area contributed by atoms with Crippen molar-refractivity contribution in [2.75, 3.05) is 5.32 Å². The van der Waals surface area contributed by atoms with E-state index in [-0.39, 0.29) is 11.6 Å². The van der Waals surface area contributed by atoms with Crippen molar-refractivity contribution in [3.63, 3.8) is 0 Å². The summed E-state index contributed by atoms with van der Waals surface area (Å²) in [6.45, 7) is 0. The number of halogens is 1. The van der Waals surface area contributed by atoms with Crippen molar-refractivity contribution in [1.82, 2.24) is 19.7 Å². The number of hydrogen-bond donors (Lipinski definition) is 1. The van der Waals surface area contributed by atoms with Gasteiger partial charge in [0.05, 0.1) is 0 Å². The fourth-order valence-corrected chi connectivity index (χ4v) is 2.06. The van der Waals surface area contributed by atoms with Gasteiger partial charge in [-0.1, -0.05) is 11.6 Å². The summed E-state index contributed by atoms with van der Waals surface area (Å²) in [5.41, 5.74) is 1.80. The molecular weight excluding hydrogens is 302 g/mol. The monoisotopic (exact) mass is 313 g/mol. The zero-order chi connectivity index (χ0) is 15.5. The van der Waals surface area contributed by atoms with Crippen LogP contribution in [0.1, 0.15) is 10.5 Å². The molecule has 0 aliphatic heterocycles. The number of aromatic nitrogens is 4. The standard InChI is InChI=1S/C15H12ClN5O/c1-21-9-18-14(20-21)10-2-4-12(5-3-10)19-15(22)13-8-11(16)6-7-17-13/h2-9H,1H3,(H,19,22). The number of nitrogens with zero attached hydrogens (tertiary/aromatic N) is 4. The number of rotatable bonds is 3. The molecule has 22 heavy (non-hydrogen) atoms. The number of anilines is 1. The topological polar surface area (TPSA) is 72.7 Å². The molecule has 3 aromatic rings. The Morgan fingerprint density at radius 2 is 1.95 bits per heavy atom. The van der Waals surface area contributed by atoms with Gasteiger partial charge in [-0.15, -0.1) is 0 Å². The van der Waals surface area contributed by atoms with E-state index in [0.29, 0.717) is 16.5 Å². The average Bonchev–Trinajstić information content (AvgIpc) is 2.94. The van der Waals surface area contributed by atoms with E-state index in [1.165, 1.54) is 12.3 Å². The number of hydrogen-bond acceptors (Lipinski definition) is 4. The number of benzene rings is 1. The predicted molar refractivity (Wildman–Crippen MR) is 83.6 cm³/mol. The van der Waals surface area contributed by atoms with Crippen molar-refractivity contribution in [2.24, 2.45) is 7.05 Å². The third kappa shape index (κ3) is 3.12. The van der Waals surface area contributed by atoms with Gasteiger partial charge >= 0.3 is 0 Å². The number of aryl methyl sites for hydroxylation is 1. The molecule has 6 nitrogen and oxygen atoms in total. The van der Waals surface area contributed by atoms with Gasteiger partial charge in [0.25, 0.3) is 5.91 Å². The highest BCUT2D eigenvalue weighted by Gasteiger charge is 2.09. The second kappa shape index (κ2) is 5.95. The van der Waals surface area contributed by atoms with E-state index in [0.717, 1.165) is 5.56 Å². The lowest BCUT2D eigenvalue weighted by molar-refractivity contribution is 0.102. The molecule has 0 atom stereocenters. The Bertz CT molecular complexity index is 813. The van der Waals surface area contributed by atoms with Crippen molar-refractivity contribution in [3.8, 4) is 11.4 Å². The van der Waals surface area contributed by atoms with Gasteiger partial charge in [0.1, 0.15) is 12.0 Å². The molecule has 110 valence electrons. The highest BCUT2D eigenvalue weighted by atomic mass is 35.5. The van der Waals surface area contributed by atoms with Crippen molar-refractivity contribution in [1.29, 1.82) is 0 Å². The Morgan fingerprint density at radius 3 is 2.59 bits per heavy atom. The van der Waals surface area contributed by atoms with Crippen LogP contribution in [-0.2, 0) is 7.05 Å². The summed E-state index contributed by atoms with van der Waals surface area (Å²) in [7, 11) is 1.81. The Labute approximate surface area is 131 Å². The van der Waals surface area contributed by atoms with Gasteiger partial charge in [0, 0.05) is 29.5 Å². The van der Waals surface area contributed by atoms with Crippen molar-refractivity contribution in [3.05, 3.63) is 59.6 Å². The molecule has 2 heterocycles. The smallest absolute Gasteiger partial charge is 0.274 e. The molecule has 0 radical (unpaired) electrons. The van der Waals surface area contributed by atoms with E-state index >= 15 is 0 Å². The van der Waals surface area contributed by atoms with Crippen LogP contribution < -0.4 is 5.32 Å². The minimum atomic E-state index is -0.314. The molecule has 1 amide bonds. The molecule has 0 aliphatic rings. The summed E-state index contributed by atoms with van der Waals surface area (Å²) in [5.74, 6) is 0.322. The lowest BCUT2D eigenvalue weighted by atomic mass is 10.2. The van der Waals surface area contributed by atoms with E-state index in [4.69, 9.17) is 11.6 Å². The third-order valence-electron chi connectivity index (χ3n) is 2.96. The van der Waals surface area contributed by atoms with Crippen LogP contribution >= 0.6 is 11.6 Å². The summed E-state index contributed by atoms with van der Waals surface area (Å²) in [5, 5.41) is 7.45. The summed E-state index contributed by atoms with van der Waals surface area (Å²) in [4.78, 5) is 20.2. The molecule has 0 spiro atoms. The molecule has 0 aliphatic carbocycles. The van der Waals surface area contributed by atoms with E-state index in [2.05, 4.69) is 20.4 Å². The fraction of sp³-hybridized carbons (Fsp3) is 0.0667. The van der Waals surface area contributed by atoms with Crippen molar-refractivity contribution in [2.45, 2.75) is 0 Å². The Kier molecular flexibility index (Phi) is 3.84. The first-order valence-corrected chi connectivity index (χ1v) is 6.88. The second-order valence-corrected chi connectivity index (χ2v) is 5.07. The second-order valence-electron chi connectivity index (χ2n) is 4.63. The van der Waals surface area contributed by atoms with Crippen LogP contribution in [0.4, 0.5) is 5.69 Å². The first-order chi connectivity index (χ1) is 10.6. The summed E-state index contributed by atoms with van der Waals surface area (Å²) in [6, 6.07) is 10.4.